The Kier molecular flexibility index (Phi) is 11.7. The van der Waals surface area contributed by atoms with Crippen LogP contribution in [0.2, 0.25) is 0 Å². The quantitative estimate of drug-likeness (QED) is 0.307. The van der Waals surface area contributed by atoms with Gasteiger partial charge in [-0.25, -0.2) is 0 Å². The number of carbonyl (C=O) groups is 1. The van der Waals surface area contributed by atoms with Gasteiger partial charge < -0.3 is 20.4 Å². The number of nitrogens with one attached hydrogen (secondary N) is 2. The fraction of sp³-hybridized carbons (Fsp3) is 0.667. The van der Waals surface area contributed by atoms with E-state index < -0.39 is 0 Å². The summed E-state index contributed by atoms with van der Waals surface area (Å²) < 4.78 is 0. The van der Waals surface area contributed by atoms with Gasteiger partial charge in [0.15, 0.2) is 5.96 Å². The van der Waals surface area contributed by atoms with E-state index in [0.29, 0.717) is 12.3 Å². The van der Waals surface area contributed by atoms with Crippen LogP contribution in [0.15, 0.2) is 29.3 Å². The van der Waals surface area contributed by atoms with Gasteiger partial charge in [-0.1, -0.05) is 31.2 Å². The lowest BCUT2D eigenvalue weighted by Gasteiger charge is -2.34. The smallest absolute Gasteiger partial charge is 0.220 e. The van der Waals surface area contributed by atoms with Crippen LogP contribution in [0.5, 0.6) is 0 Å². The minimum absolute atomic E-state index is 0. The number of piperidine rings is 1. The Morgan fingerprint density at radius 2 is 1.59 bits per heavy atom. The maximum atomic E-state index is 11.6. The molecular formula is C24H41IN6O. The maximum absolute atomic E-state index is 11.6. The number of nitrogens with zero attached hydrogens (tertiary/aromatic N) is 4. The molecule has 2 aliphatic rings. The molecule has 180 valence electrons. The third-order valence-corrected chi connectivity index (χ3v) is 6.67. The average molecular weight is 557 g/mol. The number of rotatable bonds is 7. The van der Waals surface area contributed by atoms with Gasteiger partial charge in [-0.2, -0.15) is 0 Å². The molecule has 2 heterocycles. The largest absolute Gasteiger partial charge is 0.359 e. The zero-order chi connectivity index (χ0) is 22.1. The highest BCUT2D eigenvalue weighted by Gasteiger charge is 2.23. The van der Waals surface area contributed by atoms with Crippen molar-refractivity contribution >= 4 is 35.8 Å². The molecule has 0 bridgehead atoms. The first-order valence-electron chi connectivity index (χ1n) is 11.8. The van der Waals surface area contributed by atoms with Crippen LogP contribution in [0.25, 0.3) is 0 Å². The normalized spacial score (nSPS) is 18.8. The van der Waals surface area contributed by atoms with E-state index in [1.165, 1.54) is 24.2 Å². The summed E-state index contributed by atoms with van der Waals surface area (Å²) in [6.07, 6.45) is 2.71. The number of piperazine rings is 1. The van der Waals surface area contributed by atoms with Crippen molar-refractivity contribution in [1.29, 1.82) is 0 Å². The summed E-state index contributed by atoms with van der Waals surface area (Å²) in [6, 6.07) is 8.98. The Balaban J connectivity index is 0.00000363. The first-order chi connectivity index (χ1) is 15.1. The number of hydrogen-bond donors (Lipinski definition) is 2. The minimum atomic E-state index is 0. The van der Waals surface area contributed by atoms with Crippen LogP contribution in [0.4, 0.5) is 0 Å². The second-order valence-electron chi connectivity index (χ2n) is 8.74. The monoisotopic (exact) mass is 556 g/mol. The Morgan fingerprint density at radius 1 is 1.00 bits per heavy atom. The van der Waals surface area contributed by atoms with Crippen LogP contribution >= 0.6 is 24.0 Å². The molecule has 1 aromatic carbocycles. The summed E-state index contributed by atoms with van der Waals surface area (Å²) in [7, 11) is 3.56. The van der Waals surface area contributed by atoms with E-state index in [-0.39, 0.29) is 29.9 Å². The zero-order valence-corrected chi connectivity index (χ0v) is 22.3. The van der Waals surface area contributed by atoms with Gasteiger partial charge in [-0.05, 0) is 36.4 Å². The van der Waals surface area contributed by atoms with Gasteiger partial charge in [0.05, 0.1) is 0 Å². The molecule has 8 heteroatoms. The van der Waals surface area contributed by atoms with Crippen LogP contribution in [0.1, 0.15) is 37.3 Å². The van der Waals surface area contributed by atoms with Crippen LogP contribution < -0.4 is 10.6 Å². The van der Waals surface area contributed by atoms with Crippen molar-refractivity contribution in [2.45, 2.75) is 39.3 Å². The van der Waals surface area contributed by atoms with E-state index in [4.69, 9.17) is 0 Å². The van der Waals surface area contributed by atoms with Gasteiger partial charge in [0, 0.05) is 72.9 Å². The van der Waals surface area contributed by atoms with Gasteiger partial charge in [-0.15, -0.1) is 24.0 Å². The highest BCUT2D eigenvalue weighted by atomic mass is 127. The number of carbonyl (C=O) groups excluding carboxylic acids is 1. The Hall–Kier alpha value is -1.39. The molecule has 2 N–H and O–H groups in total. The highest BCUT2D eigenvalue weighted by Crippen LogP contribution is 2.20. The first-order valence-corrected chi connectivity index (χ1v) is 11.8. The number of benzene rings is 1. The molecule has 0 atom stereocenters. The fourth-order valence-electron chi connectivity index (χ4n) is 4.51. The van der Waals surface area contributed by atoms with Crippen molar-refractivity contribution in [2.75, 3.05) is 59.9 Å². The fourth-order valence-corrected chi connectivity index (χ4v) is 4.51. The topological polar surface area (TPSA) is 63.2 Å². The van der Waals surface area contributed by atoms with Gasteiger partial charge in [0.1, 0.15) is 0 Å². The van der Waals surface area contributed by atoms with E-state index in [1.54, 1.807) is 7.05 Å². The lowest BCUT2D eigenvalue weighted by atomic mass is 9.93. The van der Waals surface area contributed by atoms with E-state index in [1.807, 2.05) is 7.05 Å². The molecule has 2 fully saturated rings. The van der Waals surface area contributed by atoms with E-state index >= 15 is 0 Å². The molecule has 0 aromatic heterocycles. The summed E-state index contributed by atoms with van der Waals surface area (Å²) in [5.74, 6) is 1.58. The Labute approximate surface area is 211 Å². The van der Waals surface area contributed by atoms with Crippen molar-refractivity contribution in [1.82, 2.24) is 25.3 Å². The van der Waals surface area contributed by atoms with Crippen LogP contribution in [-0.4, -0.2) is 86.5 Å². The summed E-state index contributed by atoms with van der Waals surface area (Å²) in [6.45, 7) is 11.8. The standard InChI is InChI=1S/C24H40N6O.HI/c1-4-28-13-15-29(16-14-28)19-22-7-5-21(6-8-22)18-27-24(26-3)30-11-9-20(10-12-30)17-23(31)25-2;/h5-8,20H,4,9-19H2,1-3H3,(H,25,31)(H,26,27);1H. The minimum Gasteiger partial charge on any atom is -0.359 e. The number of likely N-dealkylation sites (tertiary alicyclic amines) is 1. The molecule has 0 unspecified atom stereocenters. The molecule has 0 aliphatic carbocycles. The predicted molar refractivity (Wildman–Crippen MR) is 142 cm³/mol. The number of amides is 1. The molecule has 1 amide bonds. The molecule has 32 heavy (non-hydrogen) atoms. The predicted octanol–water partition coefficient (Wildman–Crippen LogP) is 2.37. The van der Waals surface area contributed by atoms with Crippen LogP contribution in [0.3, 0.4) is 0 Å². The molecule has 3 rings (SSSR count). The van der Waals surface area contributed by atoms with Crippen molar-refractivity contribution in [3.8, 4) is 0 Å². The van der Waals surface area contributed by atoms with E-state index in [2.05, 4.69) is 61.5 Å². The summed E-state index contributed by atoms with van der Waals surface area (Å²) in [5, 5.41) is 6.25. The number of hydrogen-bond acceptors (Lipinski definition) is 4. The summed E-state index contributed by atoms with van der Waals surface area (Å²) in [5.41, 5.74) is 2.66. The number of likely N-dealkylation sites (N-methyl/N-ethyl adjacent to an activating group) is 1. The van der Waals surface area contributed by atoms with Gasteiger partial charge in [0.25, 0.3) is 0 Å². The number of halogens is 1. The highest BCUT2D eigenvalue weighted by molar-refractivity contribution is 14.0. The van der Waals surface area contributed by atoms with Gasteiger partial charge >= 0.3 is 0 Å². The SMILES string of the molecule is CCN1CCN(Cc2ccc(CNC(=NC)N3CCC(CC(=O)NC)CC3)cc2)CC1.I. The number of aliphatic imine (C=N–C) groups is 1. The lowest BCUT2D eigenvalue weighted by molar-refractivity contribution is -0.121. The summed E-state index contributed by atoms with van der Waals surface area (Å²) >= 11 is 0. The second kappa shape index (κ2) is 14.0. The maximum Gasteiger partial charge on any atom is 0.220 e. The van der Waals surface area contributed by atoms with Crippen LogP contribution in [0, 0.1) is 5.92 Å². The third kappa shape index (κ3) is 8.19. The number of guanidine groups is 1. The van der Waals surface area contributed by atoms with Crippen molar-refractivity contribution in [3.63, 3.8) is 0 Å². The third-order valence-electron chi connectivity index (χ3n) is 6.67. The molecular weight excluding hydrogens is 515 g/mol. The van der Waals surface area contributed by atoms with Crippen molar-refractivity contribution in [2.24, 2.45) is 10.9 Å². The van der Waals surface area contributed by atoms with Crippen LogP contribution in [-0.2, 0) is 17.9 Å². The molecule has 0 radical (unpaired) electrons. The van der Waals surface area contributed by atoms with Gasteiger partial charge in [-0.3, -0.25) is 14.7 Å². The zero-order valence-electron chi connectivity index (χ0n) is 20.0. The van der Waals surface area contributed by atoms with Gasteiger partial charge in [0.2, 0.25) is 5.91 Å². The molecule has 2 aliphatic heterocycles. The lowest BCUT2D eigenvalue weighted by Crippen LogP contribution is -2.45. The average Bonchev–Trinajstić information content (AvgIpc) is 2.82. The first kappa shape index (κ1) is 26.9. The second-order valence-corrected chi connectivity index (χ2v) is 8.74. The summed E-state index contributed by atoms with van der Waals surface area (Å²) in [4.78, 5) is 23.5. The molecule has 0 spiro atoms. The van der Waals surface area contributed by atoms with E-state index in [9.17, 15) is 4.79 Å². The Morgan fingerprint density at radius 3 is 2.16 bits per heavy atom. The van der Waals surface area contributed by atoms with E-state index in [0.717, 1.165) is 64.6 Å². The van der Waals surface area contributed by atoms with Crippen molar-refractivity contribution < 1.29 is 4.79 Å². The molecule has 1 aromatic rings. The molecule has 2 saturated heterocycles. The molecule has 0 saturated carbocycles. The van der Waals surface area contributed by atoms with Crippen molar-refractivity contribution in [3.05, 3.63) is 35.4 Å². The molecule has 7 nitrogen and oxygen atoms in total. The Bertz CT molecular complexity index is 710.